The van der Waals surface area contributed by atoms with Gasteiger partial charge in [-0.2, -0.15) is 5.10 Å². The standard InChI is InChI=1S/C15H20N6O2.HI/c1-3-16-15(18-11-14-7-8-19-20(14)2)17-10-12-5-4-6-13(9-12)21(22)23;/h4-9H,3,10-11H2,1-2H3,(H2,16,17,18);1H. The highest BCUT2D eigenvalue weighted by atomic mass is 127. The largest absolute Gasteiger partial charge is 0.357 e. The van der Waals surface area contributed by atoms with Gasteiger partial charge in [0.15, 0.2) is 5.96 Å². The summed E-state index contributed by atoms with van der Waals surface area (Å²) in [5.74, 6) is 0.653. The Kier molecular flexibility index (Phi) is 8.16. The fraction of sp³-hybridized carbons (Fsp3) is 0.333. The summed E-state index contributed by atoms with van der Waals surface area (Å²) < 4.78 is 1.79. The van der Waals surface area contributed by atoms with Crippen LogP contribution in [-0.2, 0) is 20.1 Å². The molecule has 0 spiro atoms. The van der Waals surface area contributed by atoms with Gasteiger partial charge in [-0.05, 0) is 18.6 Å². The van der Waals surface area contributed by atoms with Crippen molar-refractivity contribution < 1.29 is 4.92 Å². The van der Waals surface area contributed by atoms with Gasteiger partial charge in [0, 0.05) is 31.9 Å². The highest BCUT2D eigenvalue weighted by molar-refractivity contribution is 14.0. The molecule has 0 aliphatic rings. The normalized spacial score (nSPS) is 10.8. The predicted molar refractivity (Wildman–Crippen MR) is 103 cm³/mol. The zero-order valence-corrected chi connectivity index (χ0v) is 15.9. The van der Waals surface area contributed by atoms with E-state index in [9.17, 15) is 10.1 Å². The summed E-state index contributed by atoms with van der Waals surface area (Å²) in [5.41, 5.74) is 1.90. The molecule has 0 fully saturated rings. The van der Waals surface area contributed by atoms with Crippen molar-refractivity contribution in [2.45, 2.75) is 20.0 Å². The zero-order valence-electron chi connectivity index (χ0n) is 13.6. The number of nitrogens with zero attached hydrogens (tertiary/aromatic N) is 4. The average molecular weight is 444 g/mol. The lowest BCUT2D eigenvalue weighted by molar-refractivity contribution is -0.384. The third kappa shape index (κ3) is 5.80. The molecule has 1 aromatic heterocycles. The molecular weight excluding hydrogens is 423 g/mol. The Morgan fingerprint density at radius 3 is 2.79 bits per heavy atom. The van der Waals surface area contributed by atoms with Gasteiger partial charge in [0.05, 0.1) is 23.7 Å². The number of nitrogens with one attached hydrogen (secondary N) is 2. The lowest BCUT2D eigenvalue weighted by Crippen LogP contribution is -2.37. The Bertz CT molecular complexity index is 701. The first kappa shape index (κ1) is 19.9. The molecular formula is C15H21IN6O2. The van der Waals surface area contributed by atoms with Crippen LogP contribution in [0.15, 0.2) is 41.5 Å². The number of hydrogen-bond donors (Lipinski definition) is 2. The Morgan fingerprint density at radius 2 is 2.17 bits per heavy atom. The van der Waals surface area contributed by atoms with E-state index in [0.717, 1.165) is 17.8 Å². The van der Waals surface area contributed by atoms with Crippen LogP contribution in [0.1, 0.15) is 18.2 Å². The van der Waals surface area contributed by atoms with E-state index < -0.39 is 4.92 Å². The number of hydrogen-bond acceptors (Lipinski definition) is 4. The molecule has 0 unspecified atom stereocenters. The molecule has 2 N–H and O–H groups in total. The molecule has 0 atom stereocenters. The minimum atomic E-state index is -0.404. The van der Waals surface area contributed by atoms with Crippen LogP contribution in [0.25, 0.3) is 0 Å². The van der Waals surface area contributed by atoms with Gasteiger partial charge in [-0.1, -0.05) is 12.1 Å². The molecule has 1 heterocycles. The second-order valence-corrected chi connectivity index (χ2v) is 4.92. The number of nitro groups is 1. The van der Waals surface area contributed by atoms with Crippen LogP contribution in [0.5, 0.6) is 0 Å². The molecule has 2 rings (SSSR count). The minimum Gasteiger partial charge on any atom is -0.357 e. The number of nitro benzene ring substituents is 1. The summed E-state index contributed by atoms with van der Waals surface area (Å²) in [4.78, 5) is 14.8. The monoisotopic (exact) mass is 444 g/mol. The van der Waals surface area contributed by atoms with Crippen molar-refractivity contribution in [3.63, 3.8) is 0 Å². The van der Waals surface area contributed by atoms with E-state index in [1.54, 1.807) is 16.9 Å². The zero-order chi connectivity index (χ0) is 16.7. The molecule has 0 aliphatic heterocycles. The van der Waals surface area contributed by atoms with Gasteiger partial charge in [-0.3, -0.25) is 14.8 Å². The predicted octanol–water partition coefficient (Wildman–Crippen LogP) is 2.20. The summed E-state index contributed by atoms with van der Waals surface area (Å²) >= 11 is 0. The summed E-state index contributed by atoms with van der Waals surface area (Å²) in [6.07, 6.45) is 1.74. The van der Waals surface area contributed by atoms with Crippen LogP contribution in [0, 0.1) is 10.1 Å². The van der Waals surface area contributed by atoms with Crippen LogP contribution < -0.4 is 10.6 Å². The first-order valence-electron chi connectivity index (χ1n) is 7.32. The van der Waals surface area contributed by atoms with Crippen LogP contribution in [0.2, 0.25) is 0 Å². The summed E-state index contributed by atoms with van der Waals surface area (Å²) in [6.45, 7) is 3.67. The highest BCUT2D eigenvalue weighted by Crippen LogP contribution is 2.13. The van der Waals surface area contributed by atoms with E-state index >= 15 is 0 Å². The Hall–Kier alpha value is -2.17. The SMILES string of the molecule is CCNC(=NCc1cccc([N+](=O)[O-])c1)NCc1ccnn1C.I. The lowest BCUT2D eigenvalue weighted by atomic mass is 10.2. The maximum absolute atomic E-state index is 10.8. The van der Waals surface area contributed by atoms with Crippen LogP contribution in [0.3, 0.4) is 0 Å². The topological polar surface area (TPSA) is 97.4 Å². The highest BCUT2D eigenvalue weighted by Gasteiger charge is 2.06. The molecule has 0 bridgehead atoms. The molecule has 130 valence electrons. The maximum Gasteiger partial charge on any atom is 0.269 e. The van der Waals surface area contributed by atoms with Gasteiger partial charge >= 0.3 is 0 Å². The van der Waals surface area contributed by atoms with Gasteiger partial charge in [0.2, 0.25) is 0 Å². The molecule has 0 aliphatic carbocycles. The molecule has 0 saturated heterocycles. The quantitative estimate of drug-likeness (QED) is 0.234. The molecule has 8 nitrogen and oxygen atoms in total. The van der Waals surface area contributed by atoms with E-state index in [-0.39, 0.29) is 29.7 Å². The molecule has 0 saturated carbocycles. The number of halogens is 1. The number of non-ortho nitro benzene ring substituents is 1. The number of aryl methyl sites for hydroxylation is 1. The number of aliphatic imine (C=N–C) groups is 1. The van der Waals surface area contributed by atoms with Crippen molar-refractivity contribution in [1.29, 1.82) is 0 Å². The number of rotatable bonds is 6. The van der Waals surface area contributed by atoms with E-state index in [1.807, 2.05) is 26.1 Å². The van der Waals surface area contributed by atoms with E-state index in [0.29, 0.717) is 19.0 Å². The minimum absolute atomic E-state index is 0. The van der Waals surface area contributed by atoms with Gasteiger partial charge in [0.25, 0.3) is 5.69 Å². The van der Waals surface area contributed by atoms with Gasteiger partial charge < -0.3 is 10.6 Å². The number of guanidine groups is 1. The number of aromatic nitrogens is 2. The molecule has 1 aromatic carbocycles. The molecule has 0 radical (unpaired) electrons. The van der Waals surface area contributed by atoms with Gasteiger partial charge in [-0.15, -0.1) is 24.0 Å². The average Bonchev–Trinajstić information content (AvgIpc) is 2.95. The first-order valence-corrected chi connectivity index (χ1v) is 7.32. The second kappa shape index (κ2) is 9.85. The fourth-order valence-corrected chi connectivity index (χ4v) is 2.03. The fourth-order valence-electron chi connectivity index (χ4n) is 2.03. The van der Waals surface area contributed by atoms with Crippen molar-refractivity contribution in [3.05, 3.63) is 57.9 Å². The van der Waals surface area contributed by atoms with Gasteiger partial charge in [-0.25, -0.2) is 4.99 Å². The molecule has 2 aromatic rings. The van der Waals surface area contributed by atoms with E-state index in [1.165, 1.54) is 12.1 Å². The second-order valence-electron chi connectivity index (χ2n) is 4.92. The third-order valence-corrected chi connectivity index (χ3v) is 3.24. The Balaban J connectivity index is 0.00000288. The number of benzene rings is 1. The first-order chi connectivity index (χ1) is 11.1. The van der Waals surface area contributed by atoms with Gasteiger partial charge in [0.1, 0.15) is 0 Å². The van der Waals surface area contributed by atoms with Crippen molar-refractivity contribution in [1.82, 2.24) is 20.4 Å². The third-order valence-electron chi connectivity index (χ3n) is 3.24. The van der Waals surface area contributed by atoms with Crippen LogP contribution in [0.4, 0.5) is 5.69 Å². The van der Waals surface area contributed by atoms with Crippen molar-refractivity contribution in [2.75, 3.05) is 6.54 Å². The van der Waals surface area contributed by atoms with Crippen molar-refractivity contribution in [3.8, 4) is 0 Å². The van der Waals surface area contributed by atoms with Crippen molar-refractivity contribution >= 4 is 35.6 Å². The summed E-state index contributed by atoms with van der Waals surface area (Å²) in [6, 6.07) is 8.42. The summed E-state index contributed by atoms with van der Waals surface area (Å²) in [5, 5.41) is 21.3. The van der Waals surface area contributed by atoms with Crippen LogP contribution in [-0.4, -0.2) is 27.2 Å². The van der Waals surface area contributed by atoms with E-state index in [2.05, 4.69) is 20.7 Å². The molecule has 0 amide bonds. The molecule has 9 heteroatoms. The summed E-state index contributed by atoms with van der Waals surface area (Å²) in [7, 11) is 1.88. The lowest BCUT2D eigenvalue weighted by Gasteiger charge is -2.11. The Morgan fingerprint density at radius 1 is 1.38 bits per heavy atom. The smallest absolute Gasteiger partial charge is 0.269 e. The maximum atomic E-state index is 10.8. The molecule has 24 heavy (non-hydrogen) atoms. The Labute approximate surface area is 157 Å². The van der Waals surface area contributed by atoms with Crippen LogP contribution >= 0.6 is 24.0 Å². The van der Waals surface area contributed by atoms with Crippen molar-refractivity contribution in [2.24, 2.45) is 12.0 Å². The van der Waals surface area contributed by atoms with E-state index in [4.69, 9.17) is 0 Å².